The minimum absolute atomic E-state index is 0. The topological polar surface area (TPSA) is 61.4 Å². The average molecular weight is 336 g/mol. The van der Waals surface area contributed by atoms with Crippen LogP contribution >= 0.6 is 28.3 Å². The van der Waals surface area contributed by atoms with Gasteiger partial charge in [-0.05, 0) is 37.1 Å². The highest BCUT2D eigenvalue weighted by Crippen LogP contribution is 2.20. The predicted molar refractivity (Wildman–Crippen MR) is 77.2 cm³/mol. The Hall–Kier alpha value is -0.620. The lowest BCUT2D eigenvalue weighted by molar-refractivity contribution is -0.117. The van der Waals surface area contributed by atoms with Gasteiger partial charge in [0.1, 0.15) is 0 Å². The first kappa shape index (κ1) is 15.4. The second-order valence-electron chi connectivity index (χ2n) is 4.30. The monoisotopic (exact) mass is 334 g/mol. The fourth-order valence-corrected chi connectivity index (χ4v) is 2.12. The van der Waals surface area contributed by atoms with E-state index in [2.05, 4.69) is 26.6 Å². The van der Waals surface area contributed by atoms with E-state index >= 15 is 0 Å². The van der Waals surface area contributed by atoms with Gasteiger partial charge >= 0.3 is 0 Å². The molecule has 2 atom stereocenters. The molecule has 0 aromatic heterocycles. The molecule has 1 aliphatic rings. The van der Waals surface area contributed by atoms with Gasteiger partial charge < -0.3 is 15.7 Å². The largest absolute Gasteiger partial charge is 0.392 e. The molecule has 1 fully saturated rings. The first-order valence-corrected chi connectivity index (χ1v) is 6.34. The Balaban J connectivity index is 0.00000162. The van der Waals surface area contributed by atoms with E-state index in [1.165, 1.54) is 0 Å². The fourth-order valence-electron chi connectivity index (χ4n) is 1.87. The van der Waals surface area contributed by atoms with Gasteiger partial charge in [0.25, 0.3) is 0 Å². The van der Waals surface area contributed by atoms with E-state index in [0.29, 0.717) is 13.0 Å². The molecule has 1 aliphatic heterocycles. The number of β-amino-alcohol motifs (C(OH)–C–C–N with tert-alkyl or cyclic N) is 1. The highest BCUT2D eigenvalue weighted by molar-refractivity contribution is 9.10. The van der Waals surface area contributed by atoms with Crippen LogP contribution in [0.15, 0.2) is 22.7 Å². The highest BCUT2D eigenvalue weighted by atomic mass is 79.9. The quantitative estimate of drug-likeness (QED) is 0.773. The number of amides is 1. The van der Waals surface area contributed by atoms with Crippen LogP contribution in [-0.2, 0) is 4.79 Å². The standard InChI is InChI=1S/C12H15BrN2O2.ClH/c1-7-4-8(2-3-10(7)13)15-12(17)11-5-9(16)6-14-11;/h2-4,9,11,14,16H,5-6H2,1H3,(H,15,17);1H. The molecule has 3 N–H and O–H groups in total. The third-order valence-corrected chi connectivity index (χ3v) is 3.74. The van der Waals surface area contributed by atoms with Crippen molar-refractivity contribution < 1.29 is 9.90 Å². The summed E-state index contributed by atoms with van der Waals surface area (Å²) in [5, 5.41) is 15.2. The summed E-state index contributed by atoms with van der Waals surface area (Å²) < 4.78 is 1.02. The van der Waals surface area contributed by atoms with Crippen molar-refractivity contribution in [2.45, 2.75) is 25.5 Å². The van der Waals surface area contributed by atoms with Crippen LogP contribution in [0.5, 0.6) is 0 Å². The summed E-state index contributed by atoms with van der Waals surface area (Å²) in [6.45, 7) is 2.45. The van der Waals surface area contributed by atoms with E-state index in [1.807, 2.05) is 25.1 Å². The van der Waals surface area contributed by atoms with Crippen molar-refractivity contribution in [1.29, 1.82) is 0 Å². The first-order valence-electron chi connectivity index (χ1n) is 5.54. The van der Waals surface area contributed by atoms with Gasteiger partial charge in [-0.25, -0.2) is 0 Å². The number of carbonyl (C=O) groups is 1. The Bertz CT molecular complexity index is 442. The van der Waals surface area contributed by atoms with Crippen molar-refractivity contribution in [1.82, 2.24) is 5.32 Å². The van der Waals surface area contributed by atoms with Gasteiger partial charge in [-0.3, -0.25) is 4.79 Å². The lowest BCUT2D eigenvalue weighted by atomic mass is 10.1. The fraction of sp³-hybridized carbons (Fsp3) is 0.417. The lowest BCUT2D eigenvalue weighted by Crippen LogP contribution is -2.35. The van der Waals surface area contributed by atoms with Crippen molar-refractivity contribution in [2.24, 2.45) is 0 Å². The van der Waals surface area contributed by atoms with Crippen LogP contribution in [0.3, 0.4) is 0 Å². The smallest absolute Gasteiger partial charge is 0.241 e. The third-order valence-electron chi connectivity index (χ3n) is 2.85. The van der Waals surface area contributed by atoms with Gasteiger partial charge in [-0.2, -0.15) is 0 Å². The normalized spacial score (nSPS) is 22.4. The molecule has 2 rings (SSSR count). The van der Waals surface area contributed by atoms with Crippen LogP contribution in [0.4, 0.5) is 5.69 Å². The van der Waals surface area contributed by atoms with Gasteiger partial charge in [0.05, 0.1) is 12.1 Å². The Morgan fingerprint density at radius 3 is 2.83 bits per heavy atom. The molecule has 1 heterocycles. The van der Waals surface area contributed by atoms with Gasteiger partial charge in [0.2, 0.25) is 5.91 Å². The van der Waals surface area contributed by atoms with Crippen molar-refractivity contribution in [2.75, 3.05) is 11.9 Å². The maximum atomic E-state index is 11.9. The number of benzene rings is 1. The summed E-state index contributed by atoms with van der Waals surface area (Å²) in [7, 11) is 0. The number of aryl methyl sites for hydroxylation is 1. The minimum Gasteiger partial charge on any atom is -0.392 e. The van der Waals surface area contributed by atoms with Crippen LogP contribution in [0.25, 0.3) is 0 Å². The zero-order valence-corrected chi connectivity index (χ0v) is 12.3. The second kappa shape index (κ2) is 6.52. The molecule has 100 valence electrons. The molecule has 6 heteroatoms. The molecule has 4 nitrogen and oxygen atoms in total. The third kappa shape index (κ3) is 3.68. The number of carbonyl (C=O) groups excluding carboxylic acids is 1. The van der Waals surface area contributed by atoms with Crippen molar-refractivity contribution in [3.63, 3.8) is 0 Å². The van der Waals surface area contributed by atoms with Crippen LogP contribution in [0.2, 0.25) is 0 Å². The summed E-state index contributed by atoms with van der Waals surface area (Å²) in [5.41, 5.74) is 1.85. The van der Waals surface area contributed by atoms with E-state index in [0.717, 1.165) is 15.7 Å². The minimum atomic E-state index is -0.419. The van der Waals surface area contributed by atoms with Crippen LogP contribution in [0, 0.1) is 6.92 Å². The number of hydrogen-bond acceptors (Lipinski definition) is 3. The molecule has 0 aliphatic carbocycles. The number of anilines is 1. The van der Waals surface area contributed by atoms with Crippen LogP contribution in [-0.4, -0.2) is 29.7 Å². The molecule has 0 spiro atoms. The number of aliphatic hydroxyl groups excluding tert-OH is 1. The summed E-state index contributed by atoms with van der Waals surface area (Å²) in [5.74, 6) is -0.0942. The lowest BCUT2D eigenvalue weighted by Gasteiger charge is -2.11. The zero-order valence-electron chi connectivity index (χ0n) is 9.94. The van der Waals surface area contributed by atoms with Crippen molar-refractivity contribution >= 4 is 39.9 Å². The number of hydrogen-bond donors (Lipinski definition) is 3. The highest BCUT2D eigenvalue weighted by Gasteiger charge is 2.27. The Morgan fingerprint density at radius 2 is 2.28 bits per heavy atom. The molecule has 0 saturated carbocycles. The number of halogens is 2. The molecule has 1 amide bonds. The molecule has 1 aromatic rings. The van der Waals surface area contributed by atoms with Crippen LogP contribution < -0.4 is 10.6 Å². The Morgan fingerprint density at radius 1 is 1.56 bits per heavy atom. The number of rotatable bonds is 2. The van der Waals surface area contributed by atoms with Crippen LogP contribution in [0.1, 0.15) is 12.0 Å². The average Bonchev–Trinajstić information content (AvgIpc) is 2.70. The second-order valence-corrected chi connectivity index (χ2v) is 5.16. The Labute approximate surface area is 121 Å². The van der Waals surface area contributed by atoms with Gasteiger partial charge in [-0.1, -0.05) is 15.9 Å². The SMILES string of the molecule is Cc1cc(NC(=O)C2CC(O)CN2)ccc1Br.Cl. The molecule has 0 bridgehead atoms. The van der Waals surface area contributed by atoms with E-state index in [4.69, 9.17) is 0 Å². The number of nitrogens with one attached hydrogen (secondary N) is 2. The van der Waals surface area contributed by atoms with E-state index in [-0.39, 0.29) is 24.4 Å². The predicted octanol–water partition coefficient (Wildman–Crippen LogP) is 1.84. The van der Waals surface area contributed by atoms with E-state index < -0.39 is 6.10 Å². The van der Waals surface area contributed by atoms with E-state index in [1.54, 1.807) is 0 Å². The molecule has 18 heavy (non-hydrogen) atoms. The molecular formula is C12H16BrClN2O2. The summed E-state index contributed by atoms with van der Waals surface area (Å²) in [6.07, 6.45) is 0.0545. The van der Waals surface area contributed by atoms with Crippen molar-refractivity contribution in [3.8, 4) is 0 Å². The Kier molecular flexibility index (Phi) is 5.59. The van der Waals surface area contributed by atoms with E-state index in [9.17, 15) is 9.90 Å². The molecule has 0 radical (unpaired) electrons. The molecule has 2 unspecified atom stereocenters. The maximum absolute atomic E-state index is 11.9. The van der Waals surface area contributed by atoms with Gasteiger partial charge in [-0.15, -0.1) is 12.4 Å². The van der Waals surface area contributed by atoms with Crippen molar-refractivity contribution in [3.05, 3.63) is 28.2 Å². The molecule has 1 saturated heterocycles. The number of aliphatic hydroxyl groups is 1. The zero-order chi connectivity index (χ0) is 12.4. The van der Waals surface area contributed by atoms with Gasteiger partial charge in [0, 0.05) is 16.7 Å². The summed E-state index contributed by atoms with van der Waals surface area (Å²) in [6, 6.07) is 5.37. The first-order chi connectivity index (χ1) is 8.06. The van der Waals surface area contributed by atoms with Gasteiger partial charge in [0.15, 0.2) is 0 Å². The summed E-state index contributed by atoms with van der Waals surface area (Å²) >= 11 is 3.41. The molecular weight excluding hydrogens is 320 g/mol. The summed E-state index contributed by atoms with van der Waals surface area (Å²) in [4.78, 5) is 11.9. The molecule has 1 aromatic carbocycles. The maximum Gasteiger partial charge on any atom is 0.241 e.